The molecule has 0 bridgehead atoms. The fraction of sp³-hybridized carbons (Fsp3) is 0. The number of benzene rings is 2. The summed E-state index contributed by atoms with van der Waals surface area (Å²) in [5, 5.41) is 2.84. The topological polar surface area (TPSA) is 80.9 Å². The number of nitrogens with one attached hydrogen (secondary N) is 1. The van der Waals surface area contributed by atoms with Crippen LogP contribution in [-0.2, 0) is 0 Å². The van der Waals surface area contributed by atoms with Crippen LogP contribution in [-0.4, -0.2) is 15.9 Å². The fourth-order valence-electron chi connectivity index (χ4n) is 2.01. The molecule has 5 nitrogen and oxygen atoms in total. The smallest absolute Gasteiger partial charge is 0.255 e. The SMILES string of the molecule is Nc1ncc(C#Cc2cccc(C(=O)Nc3ccccc3)c2)cn1. The van der Waals surface area contributed by atoms with E-state index in [1.807, 2.05) is 36.4 Å². The second-order valence-corrected chi connectivity index (χ2v) is 4.98. The Morgan fingerprint density at radius 1 is 0.917 bits per heavy atom. The van der Waals surface area contributed by atoms with Gasteiger partial charge in [-0.3, -0.25) is 4.79 Å². The Hall–Kier alpha value is -3.65. The number of hydrogen-bond acceptors (Lipinski definition) is 4. The Morgan fingerprint density at radius 3 is 2.38 bits per heavy atom. The third-order valence-corrected chi connectivity index (χ3v) is 3.18. The van der Waals surface area contributed by atoms with Crippen molar-refractivity contribution in [2.75, 3.05) is 11.1 Å². The molecular formula is C19H14N4O. The van der Waals surface area contributed by atoms with Crippen molar-refractivity contribution < 1.29 is 4.79 Å². The molecular weight excluding hydrogens is 300 g/mol. The number of nitrogens with zero attached hydrogens (tertiary/aromatic N) is 2. The summed E-state index contributed by atoms with van der Waals surface area (Å²) in [5.41, 5.74) is 8.11. The van der Waals surface area contributed by atoms with Crippen molar-refractivity contribution >= 4 is 17.5 Å². The summed E-state index contributed by atoms with van der Waals surface area (Å²) in [4.78, 5) is 20.1. The van der Waals surface area contributed by atoms with Crippen molar-refractivity contribution in [3.05, 3.63) is 83.7 Å². The van der Waals surface area contributed by atoms with Gasteiger partial charge in [0.25, 0.3) is 5.91 Å². The van der Waals surface area contributed by atoms with E-state index in [0.717, 1.165) is 11.3 Å². The van der Waals surface area contributed by atoms with E-state index in [9.17, 15) is 4.79 Å². The van der Waals surface area contributed by atoms with Crippen LogP contribution in [0.1, 0.15) is 21.5 Å². The van der Waals surface area contributed by atoms with Gasteiger partial charge in [-0.15, -0.1) is 0 Å². The van der Waals surface area contributed by atoms with Gasteiger partial charge in [0.1, 0.15) is 0 Å². The Kier molecular flexibility index (Phi) is 4.50. The van der Waals surface area contributed by atoms with Crippen LogP contribution in [0.4, 0.5) is 11.6 Å². The highest BCUT2D eigenvalue weighted by molar-refractivity contribution is 6.04. The van der Waals surface area contributed by atoms with E-state index in [4.69, 9.17) is 5.73 Å². The Morgan fingerprint density at radius 2 is 1.62 bits per heavy atom. The summed E-state index contributed by atoms with van der Waals surface area (Å²) in [6.07, 6.45) is 3.11. The number of carbonyl (C=O) groups excluding carboxylic acids is 1. The van der Waals surface area contributed by atoms with Crippen molar-refractivity contribution in [3.63, 3.8) is 0 Å². The van der Waals surface area contributed by atoms with Gasteiger partial charge in [0.15, 0.2) is 0 Å². The van der Waals surface area contributed by atoms with E-state index in [2.05, 4.69) is 27.1 Å². The first kappa shape index (κ1) is 15.3. The summed E-state index contributed by atoms with van der Waals surface area (Å²) in [6.45, 7) is 0. The molecule has 24 heavy (non-hydrogen) atoms. The number of nitrogens with two attached hydrogens (primary N) is 1. The summed E-state index contributed by atoms with van der Waals surface area (Å²) < 4.78 is 0. The quantitative estimate of drug-likeness (QED) is 0.713. The normalized spacial score (nSPS) is 9.67. The molecule has 0 atom stereocenters. The summed E-state index contributed by atoms with van der Waals surface area (Å²) in [7, 11) is 0. The molecule has 0 fully saturated rings. The van der Waals surface area contributed by atoms with Gasteiger partial charge >= 0.3 is 0 Å². The fourth-order valence-corrected chi connectivity index (χ4v) is 2.01. The molecule has 116 valence electrons. The zero-order chi connectivity index (χ0) is 16.8. The zero-order valence-corrected chi connectivity index (χ0v) is 12.7. The summed E-state index contributed by atoms with van der Waals surface area (Å²) >= 11 is 0. The molecule has 1 heterocycles. The maximum Gasteiger partial charge on any atom is 0.255 e. The number of para-hydroxylation sites is 1. The molecule has 0 aliphatic rings. The first-order chi connectivity index (χ1) is 11.7. The minimum atomic E-state index is -0.180. The van der Waals surface area contributed by atoms with Gasteiger partial charge in [-0.25, -0.2) is 9.97 Å². The Bertz CT molecular complexity index is 909. The van der Waals surface area contributed by atoms with Crippen molar-refractivity contribution in [3.8, 4) is 11.8 Å². The molecule has 0 unspecified atom stereocenters. The van der Waals surface area contributed by atoms with Crippen LogP contribution in [0.2, 0.25) is 0 Å². The lowest BCUT2D eigenvalue weighted by atomic mass is 10.1. The zero-order valence-electron chi connectivity index (χ0n) is 12.7. The molecule has 0 aliphatic carbocycles. The third-order valence-electron chi connectivity index (χ3n) is 3.18. The van der Waals surface area contributed by atoms with Crippen molar-refractivity contribution in [1.82, 2.24) is 9.97 Å². The van der Waals surface area contributed by atoms with Crippen LogP contribution in [0.25, 0.3) is 0 Å². The van der Waals surface area contributed by atoms with Gasteiger partial charge in [0.2, 0.25) is 5.95 Å². The van der Waals surface area contributed by atoms with Crippen LogP contribution < -0.4 is 11.1 Å². The van der Waals surface area contributed by atoms with Gasteiger partial charge in [0, 0.05) is 29.2 Å². The molecule has 0 aliphatic heterocycles. The lowest BCUT2D eigenvalue weighted by Gasteiger charge is -2.05. The molecule has 0 saturated heterocycles. The molecule has 1 aromatic heterocycles. The van der Waals surface area contributed by atoms with Gasteiger partial charge in [-0.05, 0) is 30.3 Å². The molecule has 3 N–H and O–H groups in total. The Balaban J connectivity index is 1.77. The molecule has 3 aromatic rings. The monoisotopic (exact) mass is 314 g/mol. The predicted molar refractivity (Wildman–Crippen MR) is 93.3 cm³/mol. The van der Waals surface area contributed by atoms with Gasteiger partial charge < -0.3 is 11.1 Å². The van der Waals surface area contributed by atoms with Crippen molar-refractivity contribution in [1.29, 1.82) is 0 Å². The standard InChI is InChI=1S/C19H14N4O/c20-19-21-12-15(13-22-19)10-9-14-5-4-6-16(11-14)18(24)23-17-7-2-1-3-8-17/h1-8,11-13H,(H,23,24)(H2,20,21,22). The minimum Gasteiger partial charge on any atom is -0.368 e. The number of amides is 1. The highest BCUT2D eigenvalue weighted by Crippen LogP contribution is 2.10. The molecule has 3 rings (SSSR count). The average molecular weight is 314 g/mol. The first-order valence-electron chi connectivity index (χ1n) is 7.27. The second-order valence-electron chi connectivity index (χ2n) is 4.98. The van der Waals surface area contributed by atoms with E-state index in [1.165, 1.54) is 0 Å². The van der Waals surface area contributed by atoms with E-state index in [0.29, 0.717) is 11.1 Å². The second kappa shape index (κ2) is 7.07. The molecule has 5 heteroatoms. The average Bonchev–Trinajstić information content (AvgIpc) is 2.62. The van der Waals surface area contributed by atoms with Crippen LogP contribution in [0.5, 0.6) is 0 Å². The Labute approximate surface area is 139 Å². The molecule has 0 spiro atoms. The summed E-state index contributed by atoms with van der Waals surface area (Å²) in [5.74, 6) is 5.96. The molecule has 2 aromatic carbocycles. The highest BCUT2D eigenvalue weighted by atomic mass is 16.1. The van der Waals surface area contributed by atoms with E-state index in [-0.39, 0.29) is 11.9 Å². The van der Waals surface area contributed by atoms with Crippen LogP contribution in [0, 0.1) is 11.8 Å². The number of anilines is 2. The third kappa shape index (κ3) is 3.96. The summed E-state index contributed by atoms with van der Waals surface area (Å²) in [6, 6.07) is 16.4. The van der Waals surface area contributed by atoms with Gasteiger partial charge in [-0.2, -0.15) is 0 Å². The first-order valence-corrected chi connectivity index (χ1v) is 7.27. The molecule has 0 radical (unpaired) electrons. The predicted octanol–water partition coefficient (Wildman–Crippen LogP) is 2.71. The maximum absolute atomic E-state index is 12.3. The lowest BCUT2D eigenvalue weighted by Crippen LogP contribution is -2.11. The number of hydrogen-bond donors (Lipinski definition) is 2. The van der Waals surface area contributed by atoms with E-state index in [1.54, 1.807) is 30.6 Å². The van der Waals surface area contributed by atoms with Gasteiger partial charge in [0.05, 0.1) is 5.56 Å². The van der Waals surface area contributed by atoms with E-state index >= 15 is 0 Å². The number of rotatable bonds is 2. The number of aromatic nitrogens is 2. The van der Waals surface area contributed by atoms with Crippen LogP contribution >= 0.6 is 0 Å². The lowest BCUT2D eigenvalue weighted by molar-refractivity contribution is 0.102. The largest absolute Gasteiger partial charge is 0.368 e. The highest BCUT2D eigenvalue weighted by Gasteiger charge is 2.05. The van der Waals surface area contributed by atoms with Gasteiger partial charge in [-0.1, -0.05) is 36.1 Å². The maximum atomic E-state index is 12.3. The molecule has 1 amide bonds. The van der Waals surface area contributed by atoms with Crippen LogP contribution in [0.15, 0.2) is 67.0 Å². The van der Waals surface area contributed by atoms with Crippen molar-refractivity contribution in [2.24, 2.45) is 0 Å². The van der Waals surface area contributed by atoms with Crippen molar-refractivity contribution in [2.45, 2.75) is 0 Å². The number of nitrogen functional groups attached to an aromatic ring is 1. The molecule has 0 saturated carbocycles. The number of carbonyl (C=O) groups is 1. The minimum absolute atomic E-state index is 0.180. The van der Waals surface area contributed by atoms with Crippen LogP contribution in [0.3, 0.4) is 0 Å². The van der Waals surface area contributed by atoms with E-state index < -0.39 is 0 Å².